The number of alkyl halides is 3. The SMILES string of the molecule is O=C(NCC(F)(F)F)C(=O)Nc1cccc2nonc12. The van der Waals surface area contributed by atoms with Gasteiger partial charge in [0, 0.05) is 0 Å². The van der Waals surface area contributed by atoms with Gasteiger partial charge in [0.05, 0.1) is 5.69 Å². The Morgan fingerprint density at radius 1 is 1.20 bits per heavy atom. The summed E-state index contributed by atoms with van der Waals surface area (Å²) in [7, 11) is 0. The Morgan fingerprint density at radius 3 is 2.65 bits per heavy atom. The van der Waals surface area contributed by atoms with Gasteiger partial charge in [0.1, 0.15) is 12.1 Å². The zero-order valence-corrected chi connectivity index (χ0v) is 9.69. The summed E-state index contributed by atoms with van der Waals surface area (Å²) in [5.41, 5.74) is 0.624. The van der Waals surface area contributed by atoms with Crippen molar-refractivity contribution in [3.05, 3.63) is 18.2 Å². The molecular weight excluding hydrogens is 281 g/mol. The highest BCUT2D eigenvalue weighted by Crippen LogP contribution is 2.19. The van der Waals surface area contributed by atoms with E-state index in [0.717, 1.165) is 0 Å². The number of nitrogens with zero attached hydrogens (tertiary/aromatic N) is 2. The predicted molar refractivity (Wildman–Crippen MR) is 59.5 cm³/mol. The summed E-state index contributed by atoms with van der Waals surface area (Å²) in [5.74, 6) is -2.65. The van der Waals surface area contributed by atoms with Crippen LogP contribution in [0.3, 0.4) is 0 Å². The van der Waals surface area contributed by atoms with Crippen LogP contribution in [0.5, 0.6) is 0 Å². The highest BCUT2D eigenvalue weighted by Gasteiger charge is 2.29. The summed E-state index contributed by atoms with van der Waals surface area (Å²) in [6, 6.07) is 4.46. The number of hydrogen-bond acceptors (Lipinski definition) is 5. The molecule has 2 amide bonds. The molecule has 0 atom stereocenters. The summed E-state index contributed by atoms with van der Waals surface area (Å²) >= 11 is 0. The maximum Gasteiger partial charge on any atom is 0.405 e. The smallest absolute Gasteiger partial charge is 0.339 e. The lowest BCUT2D eigenvalue weighted by atomic mass is 10.2. The molecule has 0 unspecified atom stereocenters. The average molecular weight is 288 g/mol. The van der Waals surface area contributed by atoms with Crippen molar-refractivity contribution in [2.45, 2.75) is 6.18 Å². The van der Waals surface area contributed by atoms with Crippen LogP contribution in [0.1, 0.15) is 0 Å². The molecule has 20 heavy (non-hydrogen) atoms. The van der Waals surface area contributed by atoms with Crippen LogP contribution in [0.4, 0.5) is 18.9 Å². The van der Waals surface area contributed by atoms with Gasteiger partial charge in [-0.2, -0.15) is 13.2 Å². The Morgan fingerprint density at radius 2 is 1.95 bits per heavy atom. The lowest BCUT2D eigenvalue weighted by Gasteiger charge is -2.08. The molecule has 1 aromatic carbocycles. The van der Waals surface area contributed by atoms with E-state index in [1.54, 1.807) is 6.07 Å². The number of carbonyl (C=O) groups is 2. The van der Waals surface area contributed by atoms with Crippen molar-refractivity contribution in [3.63, 3.8) is 0 Å². The van der Waals surface area contributed by atoms with E-state index in [9.17, 15) is 22.8 Å². The highest BCUT2D eigenvalue weighted by atomic mass is 19.4. The van der Waals surface area contributed by atoms with Crippen molar-refractivity contribution in [2.24, 2.45) is 0 Å². The molecule has 2 N–H and O–H groups in total. The van der Waals surface area contributed by atoms with Crippen molar-refractivity contribution >= 4 is 28.5 Å². The lowest BCUT2D eigenvalue weighted by Crippen LogP contribution is -2.40. The number of rotatable bonds is 2. The number of amides is 2. The van der Waals surface area contributed by atoms with Gasteiger partial charge < -0.3 is 10.6 Å². The molecule has 0 bridgehead atoms. The van der Waals surface area contributed by atoms with Crippen molar-refractivity contribution in [2.75, 3.05) is 11.9 Å². The first kappa shape index (κ1) is 13.8. The molecule has 1 heterocycles. The van der Waals surface area contributed by atoms with Gasteiger partial charge in [0.15, 0.2) is 5.52 Å². The van der Waals surface area contributed by atoms with E-state index >= 15 is 0 Å². The number of halogens is 3. The molecule has 1 aromatic heterocycles. The van der Waals surface area contributed by atoms with Crippen LogP contribution < -0.4 is 10.6 Å². The number of benzene rings is 1. The third kappa shape index (κ3) is 3.22. The first-order valence-electron chi connectivity index (χ1n) is 5.24. The second kappa shape index (κ2) is 5.15. The van der Waals surface area contributed by atoms with Crippen molar-refractivity contribution in [3.8, 4) is 0 Å². The van der Waals surface area contributed by atoms with Gasteiger partial charge >= 0.3 is 18.0 Å². The van der Waals surface area contributed by atoms with E-state index in [4.69, 9.17) is 0 Å². The third-order valence-electron chi connectivity index (χ3n) is 2.19. The fourth-order valence-electron chi connectivity index (χ4n) is 1.35. The number of fused-ring (bicyclic) bond motifs is 1. The summed E-state index contributed by atoms with van der Waals surface area (Å²) in [6.07, 6.45) is -4.59. The molecular formula is C10H7F3N4O3. The fraction of sp³-hybridized carbons (Fsp3) is 0.200. The van der Waals surface area contributed by atoms with Gasteiger partial charge in [0.25, 0.3) is 0 Å². The third-order valence-corrected chi connectivity index (χ3v) is 2.19. The minimum Gasteiger partial charge on any atom is -0.339 e. The number of anilines is 1. The predicted octanol–water partition coefficient (Wildman–Crippen LogP) is 0.840. The Balaban J connectivity index is 2.04. The Labute approximate surface area is 109 Å². The molecule has 10 heteroatoms. The molecule has 0 aliphatic rings. The molecule has 7 nitrogen and oxygen atoms in total. The van der Waals surface area contributed by atoms with E-state index in [-0.39, 0.29) is 11.2 Å². The van der Waals surface area contributed by atoms with Crippen molar-refractivity contribution in [1.82, 2.24) is 15.6 Å². The summed E-state index contributed by atoms with van der Waals surface area (Å²) < 4.78 is 40.1. The van der Waals surface area contributed by atoms with Crippen LogP contribution >= 0.6 is 0 Å². The minimum absolute atomic E-state index is 0.107. The summed E-state index contributed by atoms with van der Waals surface area (Å²) in [5, 5.41) is 10.6. The maximum atomic E-state index is 11.9. The standard InChI is InChI=1S/C10H7F3N4O3/c11-10(12,13)4-14-8(18)9(19)15-5-2-1-3-6-7(5)17-20-16-6/h1-3H,4H2,(H,14,18)(H,15,19). The zero-order chi connectivity index (χ0) is 14.8. The van der Waals surface area contributed by atoms with Crippen LogP contribution in [-0.4, -0.2) is 34.8 Å². The van der Waals surface area contributed by atoms with Gasteiger partial charge in [0.2, 0.25) is 0 Å². The van der Waals surface area contributed by atoms with Crippen LogP contribution in [-0.2, 0) is 9.59 Å². The highest BCUT2D eigenvalue weighted by molar-refractivity contribution is 6.40. The topological polar surface area (TPSA) is 97.1 Å². The second-order valence-corrected chi connectivity index (χ2v) is 3.69. The average Bonchev–Trinajstić information content (AvgIpc) is 2.84. The van der Waals surface area contributed by atoms with E-state index in [1.807, 2.05) is 0 Å². The molecule has 106 valence electrons. The summed E-state index contributed by atoms with van der Waals surface area (Å²) in [6.45, 7) is -1.59. The Kier molecular flexibility index (Phi) is 3.55. The molecule has 0 fully saturated rings. The van der Waals surface area contributed by atoms with Gasteiger partial charge in [-0.05, 0) is 22.4 Å². The van der Waals surface area contributed by atoms with Crippen LogP contribution in [0.15, 0.2) is 22.8 Å². The van der Waals surface area contributed by atoms with E-state index in [2.05, 4.69) is 20.3 Å². The molecule has 0 saturated carbocycles. The quantitative estimate of drug-likeness (QED) is 0.798. The monoisotopic (exact) mass is 288 g/mol. The zero-order valence-electron chi connectivity index (χ0n) is 9.69. The Bertz CT molecular complexity index is 652. The van der Waals surface area contributed by atoms with E-state index in [1.165, 1.54) is 17.4 Å². The van der Waals surface area contributed by atoms with Crippen molar-refractivity contribution < 1.29 is 27.4 Å². The molecule has 0 saturated heterocycles. The molecule has 0 aliphatic carbocycles. The molecule has 0 aliphatic heterocycles. The second-order valence-electron chi connectivity index (χ2n) is 3.69. The molecule has 2 aromatic rings. The minimum atomic E-state index is -4.59. The lowest BCUT2D eigenvalue weighted by molar-refractivity contribution is -0.144. The van der Waals surface area contributed by atoms with Gasteiger partial charge in [-0.15, -0.1) is 0 Å². The normalized spacial score (nSPS) is 11.3. The largest absolute Gasteiger partial charge is 0.405 e. The first-order valence-corrected chi connectivity index (χ1v) is 5.24. The Hall–Kier alpha value is -2.65. The van der Waals surface area contributed by atoms with Crippen LogP contribution in [0.2, 0.25) is 0 Å². The van der Waals surface area contributed by atoms with E-state index < -0.39 is 24.5 Å². The van der Waals surface area contributed by atoms with Gasteiger partial charge in [-0.25, -0.2) is 4.63 Å². The van der Waals surface area contributed by atoms with Crippen LogP contribution in [0.25, 0.3) is 11.0 Å². The first-order chi connectivity index (χ1) is 9.37. The number of hydrogen-bond donors (Lipinski definition) is 2. The number of carbonyl (C=O) groups excluding carboxylic acids is 2. The van der Waals surface area contributed by atoms with Crippen molar-refractivity contribution in [1.29, 1.82) is 0 Å². The van der Waals surface area contributed by atoms with Crippen LogP contribution in [0, 0.1) is 0 Å². The maximum absolute atomic E-state index is 11.9. The number of nitrogens with one attached hydrogen (secondary N) is 2. The van der Waals surface area contributed by atoms with Gasteiger partial charge in [-0.1, -0.05) is 6.07 Å². The van der Waals surface area contributed by atoms with E-state index in [0.29, 0.717) is 5.52 Å². The van der Waals surface area contributed by atoms with Gasteiger partial charge in [-0.3, -0.25) is 9.59 Å². The molecule has 0 radical (unpaired) electrons. The fourth-order valence-corrected chi connectivity index (χ4v) is 1.35. The molecule has 0 spiro atoms. The summed E-state index contributed by atoms with van der Waals surface area (Å²) in [4.78, 5) is 22.6. The molecule has 2 rings (SSSR count). The number of aromatic nitrogens is 2.